The summed E-state index contributed by atoms with van der Waals surface area (Å²) in [6, 6.07) is 0.0353. The highest BCUT2D eigenvalue weighted by Crippen LogP contribution is 2.08. The Hall–Kier alpha value is -0.370. The van der Waals surface area contributed by atoms with Crippen molar-refractivity contribution in [3.05, 3.63) is 0 Å². The van der Waals surface area contributed by atoms with Crippen molar-refractivity contribution < 1.29 is 4.79 Å². The summed E-state index contributed by atoms with van der Waals surface area (Å²) in [5, 5.41) is 0. The molecule has 1 atom stereocenters. The van der Waals surface area contributed by atoms with E-state index in [0.29, 0.717) is 0 Å². The highest BCUT2D eigenvalue weighted by atomic mass is 16.1. The van der Waals surface area contributed by atoms with Gasteiger partial charge < -0.3 is 0 Å². The largest absolute Gasteiger partial charge is 0.293 e. The standard InChI is InChI=1S/C13H26NO/c1-4-7-10-14(11-8-5-2)13(12-15)9-6-3/h13H,4-11H2,1-3H3. The highest BCUT2D eigenvalue weighted by Gasteiger charge is 2.16. The molecule has 0 bridgehead atoms. The van der Waals surface area contributed by atoms with Gasteiger partial charge in [0.25, 0.3) is 0 Å². The van der Waals surface area contributed by atoms with E-state index in [-0.39, 0.29) is 6.04 Å². The molecule has 0 aliphatic carbocycles. The summed E-state index contributed by atoms with van der Waals surface area (Å²) in [7, 11) is 0. The molecule has 1 unspecified atom stereocenters. The molecule has 0 saturated heterocycles. The molecule has 0 amide bonds. The fourth-order valence-electron chi connectivity index (χ4n) is 1.74. The quantitative estimate of drug-likeness (QED) is 0.554. The van der Waals surface area contributed by atoms with E-state index < -0.39 is 0 Å². The van der Waals surface area contributed by atoms with Crippen LogP contribution in [-0.4, -0.2) is 30.3 Å². The lowest BCUT2D eigenvalue weighted by Crippen LogP contribution is -2.37. The summed E-state index contributed by atoms with van der Waals surface area (Å²) in [5.74, 6) is 0. The number of carbonyl (C=O) groups excluding carboxylic acids is 1. The molecule has 2 nitrogen and oxygen atoms in total. The first-order chi connectivity index (χ1) is 7.29. The van der Waals surface area contributed by atoms with Gasteiger partial charge in [0.05, 0.1) is 6.04 Å². The third-order valence-electron chi connectivity index (χ3n) is 2.74. The molecule has 0 heterocycles. The zero-order valence-electron chi connectivity index (χ0n) is 10.6. The molecule has 0 rings (SSSR count). The van der Waals surface area contributed by atoms with Crippen molar-refractivity contribution in [2.24, 2.45) is 0 Å². The zero-order valence-corrected chi connectivity index (χ0v) is 10.6. The average Bonchev–Trinajstić information content (AvgIpc) is 2.27. The van der Waals surface area contributed by atoms with Gasteiger partial charge in [-0.05, 0) is 32.4 Å². The van der Waals surface area contributed by atoms with Crippen molar-refractivity contribution in [2.75, 3.05) is 13.1 Å². The highest BCUT2D eigenvalue weighted by molar-refractivity contribution is 5.58. The minimum atomic E-state index is 0.0353. The van der Waals surface area contributed by atoms with Gasteiger partial charge in [-0.15, -0.1) is 0 Å². The Morgan fingerprint density at radius 2 is 1.53 bits per heavy atom. The molecule has 0 aromatic rings. The first-order valence-electron chi connectivity index (χ1n) is 6.41. The van der Waals surface area contributed by atoms with E-state index in [4.69, 9.17) is 0 Å². The molecule has 0 aliphatic rings. The maximum absolute atomic E-state index is 10.9. The number of unbranched alkanes of at least 4 members (excludes halogenated alkanes) is 2. The molecule has 89 valence electrons. The molecule has 0 saturated carbocycles. The van der Waals surface area contributed by atoms with Crippen molar-refractivity contribution in [1.29, 1.82) is 0 Å². The third kappa shape index (κ3) is 6.67. The van der Waals surface area contributed by atoms with Crippen LogP contribution in [0.4, 0.5) is 0 Å². The average molecular weight is 212 g/mol. The van der Waals surface area contributed by atoms with Crippen LogP contribution in [0.1, 0.15) is 59.3 Å². The second-order valence-corrected chi connectivity index (χ2v) is 4.17. The second kappa shape index (κ2) is 10.2. The van der Waals surface area contributed by atoms with Crippen LogP contribution in [-0.2, 0) is 4.79 Å². The van der Waals surface area contributed by atoms with E-state index in [9.17, 15) is 4.79 Å². The van der Waals surface area contributed by atoms with E-state index in [2.05, 4.69) is 32.0 Å². The lowest BCUT2D eigenvalue weighted by atomic mass is 10.1. The summed E-state index contributed by atoms with van der Waals surface area (Å²) in [6.45, 7) is 8.61. The normalized spacial score (nSPS) is 13.1. The predicted molar refractivity (Wildman–Crippen MR) is 65.8 cm³/mol. The van der Waals surface area contributed by atoms with Crippen molar-refractivity contribution in [2.45, 2.75) is 65.3 Å². The van der Waals surface area contributed by atoms with Gasteiger partial charge in [0.2, 0.25) is 6.29 Å². The van der Waals surface area contributed by atoms with Gasteiger partial charge >= 0.3 is 0 Å². The van der Waals surface area contributed by atoms with Crippen LogP contribution in [0, 0.1) is 0 Å². The van der Waals surface area contributed by atoms with Crippen molar-refractivity contribution >= 4 is 6.29 Å². The van der Waals surface area contributed by atoms with E-state index in [1.165, 1.54) is 25.7 Å². The molecule has 0 aliphatic heterocycles. The predicted octanol–water partition coefficient (Wildman–Crippen LogP) is 3.17. The van der Waals surface area contributed by atoms with E-state index in [1.54, 1.807) is 0 Å². The van der Waals surface area contributed by atoms with Crippen LogP contribution in [0.3, 0.4) is 0 Å². The monoisotopic (exact) mass is 212 g/mol. The lowest BCUT2D eigenvalue weighted by Gasteiger charge is -2.27. The Balaban J connectivity index is 4.08. The topological polar surface area (TPSA) is 20.3 Å². The SMILES string of the molecule is CCCCN(CCCC)C([C]=O)CCC. The van der Waals surface area contributed by atoms with E-state index in [0.717, 1.165) is 25.9 Å². The second-order valence-electron chi connectivity index (χ2n) is 4.17. The van der Waals surface area contributed by atoms with Gasteiger partial charge in [-0.25, -0.2) is 0 Å². The maximum atomic E-state index is 10.9. The van der Waals surface area contributed by atoms with Crippen LogP contribution in [0.25, 0.3) is 0 Å². The minimum Gasteiger partial charge on any atom is -0.293 e. The molecular weight excluding hydrogens is 186 g/mol. The first-order valence-corrected chi connectivity index (χ1v) is 6.41. The molecule has 0 fully saturated rings. The Kier molecular flexibility index (Phi) is 9.91. The van der Waals surface area contributed by atoms with Crippen molar-refractivity contribution in [3.63, 3.8) is 0 Å². The first kappa shape index (κ1) is 14.6. The fourth-order valence-corrected chi connectivity index (χ4v) is 1.74. The van der Waals surface area contributed by atoms with E-state index in [1.807, 2.05) is 0 Å². The molecule has 0 spiro atoms. The van der Waals surface area contributed by atoms with Crippen molar-refractivity contribution in [3.8, 4) is 0 Å². The van der Waals surface area contributed by atoms with Gasteiger partial charge in [0.15, 0.2) is 0 Å². The van der Waals surface area contributed by atoms with Gasteiger partial charge in [-0.1, -0.05) is 40.0 Å². The van der Waals surface area contributed by atoms with Gasteiger partial charge in [-0.3, -0.25) is 9.69 Å². The summed E-state index contributed by atoms with van der Waals surface area (Å²) in [4.78, 5) is 13.2. The summed E-state index contributed by atoms with van der Waals surface area (Å²) >= 11 is 0. The van der Waals surface area contributed by atoms with Gasteiger partial charge in [-0.2, -0.15) is 0 Å². The third-order valence-corrected chi connectivity index (χ3v) is 2.74. The number of rotatable bonds is 10. The van der Waals surface area contributed by atoms with Crippen LogP contribution in [0.2, 0.25) is 0 Å². The van der Waals surface area contributed by atoms with Crippen LogP contribution >= 0.6 is 0 Å². The molecule has 0 N–H and O–H groups in total. The summed E-state index contributed by atoms with van der Waals surface area (Å²) < 4.78 is 0. The summed E-state index contributed by atoms with van der Waals surface area (Å²) in [5.41, 5.74) is 0. The minimum absolute atomic E-state index is 0.0353. The van der Waals surface area contributed by atoms with Gasteiger partial charge in [0, 0.05) is 0 Å². The Morgan fingerprint density at radius 1 is 1.00 bits per heavy atom. The number of hydrogen-bond acceptors (Lipinski definition) is 2. The van der Waals surface area contributed by atoms with Crippen LogP contribution < -0.4 is 0 Å². The van der Waals surface area contributed by atoms with Crippen LogP contribution in [0.15, 0.2) is 0 Å². The number of hydrogen-bond donors (Lipinski definition) is 0. The molecule has 1 radical (unpaired) electrons. The van der Waals surface area contributed by atoms with Crippen molar-refractivity contribution in [1.82, 2.24) is 4.90 Å². The summed E-state index contributed by atoms with van der Waals surface area (Å²) in [6.07, 6.45) is 8.98. The zero-order chi connectivity index (χ0) is 11.5. The van der Waals surface area contributed by atoms with Gasteiger partial charge in [0.1, 0.15) is 0 Å². The maximum Gasteiger partial charge on any atom is 0.217 e. The molecular formula is C13H26NO. The number of nitrogens with zero attached hydrogens (tertiary/aromatic N) is 1. The fraction of sp³-hybridized carbons (Fsp3) is 0.923. The molecule has 0 aromatic heterocycles. The van der Waals surface area contributed by atoms with Crippen LogP contribution in [0.5, 0.6) is 0 Å². The molecule has 0 aromatic carbocycles. The lowest BCUT2D eigenvalue weighted by molar-refractivity contribution is 0.220. The molecule has 2 heteroatoms. The Morgan fingerprint density at radius 3 is 1.87 bits per heavy atom. The smallest absolute Gasteiger partial charge is 0.217 e. The Labute approximate surface area is 95.0 Å². The van der Waals surface area contributed by atoms with E-state index >= 15 is 0 Å². The Bertz CT molecular complexity index is 139. The molecule has 15 heavy (non-hydrogen) atoms.